The van der Waals surface area contributed by atoms with Crippen molar-refractivity contribution in [2.24, 2.45) is 11.8 Å². The SMILES string of the molecule is C=C(SC)C(C)C(C)C. The largest absolute Gasteiger partial charge is 0.134 e. The predicted octanol–water partition coefficient (Wildman–Crippen LogP) is 3.16. The average molecular weight is 144 g/mol. The van der Waals surface area contributed by atoms with Crippen molar-refractivity contribution in [3.05, 3.63) is 11.5 Å². The minimum Gasteiger partial charge on any atom is -0.134 e. The first-order valence-corrected chi connectivity index (χ1v) is 4.54. The fraction of sp³-hybridized carbons (Fsp3) is 0.750. The van der Waals surface area contributed by atoms with Gasteiger partial charge in [0.25, 0.3) is 0 Å². The zero-order valence-electron chi connectivity index (χ0n) is 6.77. The molecular formula is C8H16S. The van der Waals surface area contributed by atoms with Crippen molar-refractivity contribution >= 4 is 11.8 Å². The van der Waals surface area contributed by atoms with Crippen LogP contribution >= 0.6 is 11.8 Å². The van der Waals surface area contributed by atoms with Gasteiger partial charge in [0.05, 0.1) is 0 Å². The molecule has 0 radical (unpaired) electrons. The monoisotopic (exact) mass is 144 g/mol. The summed E-state index contributed by atoms with van der Waals surface area (Å²) < 4.78 is 0. The molecular weight excluding hydrogens is 128 g/mol. The minimum atomic E-state index is 0.653. The highest BCUT2D eigenvalue weighted by atomic mass is 32.2. The second-order valence-corrected chi connectivity index (χ2v) is 3.64. The molecule has 0 saturated carbocycles. The van der Waals surface area contributed by atoms with E-state index in [4.69, 9.17) is 0 Å². The van der Waals surface area contributed by atoms with Gasteiger partial charge in [0.2, 0.25) is 0 Å². The van der Waals surface area contributed by atoms with Crippen molar-refractivity contribution in [2.75, 3.05) is 6.26 Å². The van der Waals surface area contributed by atoms with Crippen molar-refractivity contribution in [3.63, 3.8) is 0 Å². The van der Waals surface area contributed by atoms with Crippen LogP contribution in [-0.2, 0) is 0 Å². The van der Waals surface area contributed by atoms with E-state index in [-0.39, 0.29) is 0 Å². The van der Waals surface area contributed by atoms with Crippen LogP contribution in [0.5, 0.6) is 0 Å². The van der Waals surface area contributed by atoms with Crippen molar-refractivity contribution in [3.8, 4) is 0 Å². The Bertz CT molecular complexity index is 94.7. The predicted molar refractivity (Wildman–Crippen MR) is 46.7 cm³/mol. The van der Waals surface area contributed by atoms with Crippen LogP contribution in [0.25, 0.3) is 0 Å². The number of thioether (sulfide) groups is 1. The third kappa shape index (κ3) is 2.95. The molecule has 0 aromatic heterocycles. The Morgan fingerprint density at radius 1 is 1.33 bits per heavy atom. The Hall–Kier alpha value is 0.0900. The fourth-order valence-corrected chi connectivity index (χ4v) is 1.20. The summed E-state index contributed by atoms with van der Waals surface area (Å²) in [5.41, 5.74) is 0. The smallest absolute Gasteiger partial charge is 0.0113 e. The van der Waals surface area contributed by atoms with Crippen LogP contribution < -0.4 is 0 Å². The molecule has 0 amide bonds. The van der Waals surface area contributed by atoms with E-state index in [0.717, 1.165) is 5.92 Å². The maximum atomic E-state index is 3.96. The van der Waals surface area contributed by atoms with E-state index < -0.39 is 0 Å². The van der Waals surface area contributed by atoms with Crippen LogP contribution in [-0.4, -0.2) is 6.26 Å². The van der Waals surface area contributed by atoms with E-state index in [1.807, 2.05) is 0 Å². The molecule has 1 unspecified atom stereocenters. The molecule has 0 fully saturated rings. The molecule has 0 N–H and O–H groups in total. The summed E-state index contributed by atoms with van der Waals surface area (Å²) in [7, 11) is 0. The summed E-state index contributed by atoms with van der Waals surface area (Å²) >= 11 is 1.77. The number of hydrogen-bond acceptors (Lipinski definition) is 1. The van der Waals surface area contributed by atoms with Crippen LogP contribution in [0.3, 0.4) is 0 Å². The molecule has 0 heterocycles. The first-order chi connectivity index (χ1) is 4.09. The second kappa shape index (κ2) is 3.99. The van der Waals surface area contributed by atoms with E-state index >= 15 is 0 Å². The Morgan fingerprint density at radius 2 is 1.78 bits per heavy atom. The van der Waals surface area contributed by atoms with Crippen LogP contribution in [0.1, 0.15) is 20.8 Å². The van der Waals surface area contributed by atoms with E-state index in [0.29, 0.717) is 5.92 Å². The Morgan fingerprint density at radius 3 is 1.89 bits per heavy atom. The molecule has 54 valence electrons. The first-order valence-electron chi connectivity index (χ1n) is 3.32. The first kappa shape index (κ1) is 9.09. The van der Waals surface area contributed by atoms with E-state index in [2.05, 4.69) is 33.6 Å². The molecule has 0 saturated heterocycles. The molecule has 1 atom stereocenters. The average Bonchev–Trinajstić information content (AvgIpc) is 1.84. The van der Waals surface area contributed by atoms with E-state index in [9.17, 15) is 0 Å². The van der Waals surface area contributed by atoms with E-state index in [1.54, 1.807) is 11.8 Å². The zero-order chi connectivity index (χ0) is 7.44. The molecule has 0 rings (SSSR count). The standard InChI is InChI=1S/C8H16S/c1-6(2)7(3)8(4)9-5/h6-7H,4H2,1-3,5H3. The lowest BCUT2D eigenvalue weighted by molar-refractivity contribution is 0.499. The Kier molecular flexibility index (Phi) is 4.03. The number of hydrogen-bond donors (Lipinski definition) is 0. The van der Waals surface area contributed by atoms with Gasteiger partial charge >= 0.3 is 0 Å². The van der Waals surface area contributed by atoms with Gasteiger partial charge in [0, 0.05) is 0 Å². The molecule has 0 bridgehead atoms. The molecule has 0 aliphatic heterocycles. The molecule has 0 aliphatic carbocycles. The topological polar surface area (TPSA) is 0 Å². The third-order valence-corrected chi connectivity index (χ3v) is 2.67. The third-order valence-electron chi connectivity index (χ3n) is 1.77. The zero-order valence-corrected chi connectivity index (χ0v) is 7.59. The summed E-state index contributed by atoms with van der Waals surface area (Å²) in [4.78, 5) is 1.30. The van der Waals surface area contributed by atoms with Gasteiger partial charge in [0.1, 0.15) is 0 Å². The quantitative estimate of drug-likeness (QED) is 0.586. The van der Waals surface area contributed by atoms with E-state index in [1.165, 1.54) is 4.91 Å². The Labute approximate surface area is 62.7 Å². The number of allylic oxidation sites excluding steroid dienone is 1. The van der Waals surface area contributed by atoms with Gasteiger partial charge in [-0.15, -0.1) is 11.8 Å². The molecule has 0 aromatic rings. The molecule has 0 aliphatic rings. The van der Waals surface area contributed by atoms with Crippen LogP contribution in [0, 0.1) is 11.8 Å². The maximum Gasteiger partial charge on any atom is -0.0113 e. The van der Waals surface area contributed by atoms with Crippen LogP contribution in [0.4, 0.5) is 0 Å². The van der Waals surface area contributed by atoms with Gasteiger partial charge in [-0.05, 0) is 23.0 Å². The van der Waals surface area contributed by atoms with Crippen molar-refractivity contribution < 1.29 is 0 Å². The lowest BCUT2D eigenvalue weighted by atomic mass is 9.98. The summed E-state index contributed by atoms with van der Waals surface area (Å²) in [5, 5.41) is 0. The molecule has 1 heteroatoms. The molecule has 0 nitrogen and oxygen atoms in total. The van der Waals surface area contributed by atoms with Crippen molar-refractivity contribution in [1.82, 2.24) is 0 Å². The molecule has 0 aromatic carbocycles. The fourth-order valence-electron chi connectivity index (χ4n) is 0.558. The van der Waals surface area contributed by atoms with Crippen LogP contribution in [0.2, 0.25) is 0 Å². The summed E-state index contributed by atoms with van der Waals surface area (Å²) in [6.07, 6.45) is 2.08. The lowest BCUT2D eigenvalue weighted by Gasteiger charge is -2.15. The Balaban J connectivity index is 3.72. The van der Waals surface area contributed by atoms with Gasteiger partial charge < -0.3 is 0 Å². The highest BCUT2D eigenvalue weighted by molar-refractivity contribution is 8.02. The van der Waals surface area contributed by atoms with Gasteiger partial charge in [-0.1, -0.05) is 27.4 Å². The van der Waals surface area contributed by atoms with Crippen molar-refractivity contribution in [1.29, 1.82) is 0 Å². The lowest BCUT2D eigenvalue weighted by Crippen LogP contribution is -2.03. The molecule has 0 spiro atoms. The maximum absolute atomic E-state index is 3.96. The van der Waals surface area contributed by atoms with Gasteiger partial charge in [0.15, 0.2) is 0 Å². The second-order valence-electron chi connectivity index (χ2n) is 2.70. The summed E-state index contributed by atoms with van der Waals surface area (Å²) in [5.74, 6) is 1.38. The summed E-state index contributed by atoms with van der Waals surface area (Å²) in [6, 6.07) is 0. The van der Waals surface area contributed by atoms with Crippen molar-refractivity contribution in [2.45, 2.75) is 20.8 Å². The highest BCUT2D eigenvalue weighted by Gasteiger charge is 2.08. The number of rotatable bonds is 3. The minimum absolute atomic E-state index is 0.653. The molecule has 9 heavy (non-hydrogen) atoms. The van der Waals surface area contributed by atoms with Gasteiger partial charge in [-0.3, -0.25) is 0 Å². The van der Waals surface area contributed by atoms with Crippen LogP contribution in [0.15, 0.2) is 11.5 Å². The van der Waals surface area contributed by atoms with Gasteiger partial charge in [-0.25, -0.2) is 0 Å². The summed E-state index contributed by atoms with van der Waals surface area (Å²) in [6.45, 7) is 10.6. The highest BCUT2D eigenvalue weighted by Crippen LogP contribution is 2.25. The normalized spacial score (nSPS) is 13.9. The van der Waals surface area contributed by atoms with Gasteiger partial charge in [-0.2, -0.15) is 0 Å².